The molecular formula is C14H13Cl2NO3S. The van der Waals surface area contributed by atoms with E-state index in [0.29, 0.717) is 15.8 Å². The number of sulfonamides is 1. The molecule has 1 N–H and O–H groups in total. The summed E-state index contributed by atoms with van der Waals surface area (Å²) < 4.78 is 31.8. The quantitative estimate of drug-likeness (QED) is 0.816. The predicted octanol–water partition coefficient (Wildman–Crippen LogP) is 3.35. The molecule has 7 heteroatoms. The molecule has 0 aromatic heterocycles. The van der Waals surface area contributed by atoms with Crippen molar-refractivity contribution in [3.8, 4) is 5.75 Å². The molecule has 2 rings (SSSR count). The van der Waals surface area contributed by atoms with E-state index in [-0.39, 0.29) is 18.0 Å². The summed E-state index contributed by atoms with van der Waals surface area (Å²) in [6, 6.07) is 12.9. The summed E-state index contributed by atoms with van der Waals surface area (Å²) >= 11 is 11.5. The van der Waals surface area contributed by atoms with Gasteiger partial charge in [0.2, 0.25) is 10.0 Å². The van der Waals surface area contributed by atoms with Crippen LogP contribution in [-0.4, -0.2) is 21.6 Å². The van der Waals surface area contributed by atoms with Crippen LogP contribution in [0.5, 0.6) is 5.75 Å². The van der Waals surface area contributed by atoms with Gasteiger partial charge in [-0.1, -0.05) is 29.3 Å². The van der Waals surface area contributed by atoms with Gasteiger partial charge in [-0.25, -0.2) is 13.1 Å². The van der Waals surface area contributed by atoms with Gasteiger partial charge in [0.25, 0.3) is 0 Å². The minimum atomic E-state index is -3.55. The van der Waals surface area contributed by atoms with E-state index in [1.54, 1.807) is 24.3 Å². The number of hydrogen-bond acceptors (Lipinski definition) is 3. The Hall–Kier alpha value is -1.27. The lowest BCUT2D eigenvalue weighted by molar-refractivity contribution is 0.323. The number of ether oxygens (including phenoxy) is 1. The summed E-state index contributed by atoms with van der Waals surface area (Å²) in [6.07, 6.45) is 0. The summed E-state index contributed by atoms with van der Waals surface area (Å²) in [6.45, 7) is 0.352. The van der Waals surface area contributed by atoms with Gasteiger partial charge in [-0.05, 0) is 42.5 Å². The van der Waals surface area contributed by atoms with Crippen LogP contribution in [0.3, 0.4) is 0 Å². The molecule has 0 amide bonds. The lowest BCUT2D eigenvalue weighted by atomic mass is 10.3. The Morgan fingerprint density at radius 2 is 1.71 bits per heavy atom. The van der Waals surface area contributed by atoms with Crippen molar-refractivity contribution in [2.75, 3.05) is 13.2 Å². The van der Waals surface area contributed by atoms with Crippen molar-refractivity contribution >= 4 is 33.2 Å². The SMILES string of the molecule is O=S(=O)(NCCOc1cccc(Cl)c1)c1ccc(Cl)cc1. The molecule has 0 saturated heterocycles. The van der Waals surface area contributed by atoms with E-state index in [1.165, 1.54) is 24.3 Å². The molecule has 0 bridgehead atoms. The second-order valence-corrected chi connectivity index (χ2v) is 6.80. The third-order valence-electron chi connectivity index (χ3n) is 2.58. The highest BCUT2D eigenvalue weighted by Crippen LogP contribution is 2.17. The van der Waals surface area contributed by atoms with Gasteiger partial charge in [0.1, 0.15) is 12.4 Å². The van der Waals surface area contributed by atoms with Crippen molar-refractivity contribution in [1.82, 2.24) is 4.72 Å². The highest BCUT2D eigenvalue weighted by molar-refractivity contribution is 7.89. The summed E-state index contributed by atoms with van der Waals surface area (Å²) in [5.41, 5.74) is 0. The third-order valence-corrected chi connectivity index (χ3v) is 4.55. The van der Waals surface area contributed by atoms with Crippen molar-refractivity contribution in [3.63, 3.8) is 0 Å². The molecule has 0 aliphatic rings. The first-order chi connectivity index (χ1) is 9.97. The Bertz CT molecular complexity index is 702. The Labute approximate surface area is 133 Å². The van der Waals surface area contributed by atoms with E-state index in [9.17, 15) is 8.42 Å². The monoisotopic (exact) mass is 345 g/mol. The van der Waals surface area contributed by atoms with E-state index >= 15 is 0 Å². The van der Waals surface area contributed by atoms with Gasteiger partial charge in [0.15, 0.2) is 0 Å². The van der Waals surface area contributed by atoms with Crippen LogP contribution in [0.2, 0.25) is 10.0 Å². The topological polar surface area (TPSA) is 55.4 Å². The summed E-state index contributed by atoms with van der Waals surface area (Å²) in [5, 5.41) is 1.05. The third kappa shape index (κ3) is 4.89. The lowest BCUT2D eigenvalue weighted by Gasteiger charge is -2.09. The largest absolute Gasteiger partial charge is 0.492 e. The van der Waals surface area contributed by atoms with Crippen LogP contribution in [-0.2, 0) is 10.0 Å². The standard InChI is InChI=1S/C14H13Cl2NO3S/c15-11-4-6-14(7-5-11)21(18,19)17-8-9-20-13-3-1-2-12(16)10-13/h1-7,10,17H,8-9H2. The van der Waals surface area contributed by atoms with Gasteiger partial charge in [-0.3, -0.25) is 0 Å². The van der Waals surface area contributed by atoms with Crippen LogP contribution >= 0.6 is 23.2 Å². The first-order valence-corrected chi connectivity index (χ1v) is 8.35. The van der Waals surface area contributed by atoms with Crippen LogP contribution in [0.1, 0.15) is 0 Å². The van der Waals surface area contributed by atoms with Crippen molar-refractivity contribution < 1.29 is 13.2 Å². The maximum Gasteiger partial charge on any atom is 0.240 e. The first kappa shape index (κ1) is 16.1. The fourth-order valence-corrected chi connectivity index (χ4v) is 2.92. The van der Waals surface area contributed by atoms with E-state index in [2.05, 4.69) is 4.72 Å². The Morgan fingerprint density at radius 3 is 2.38 bits per heavy atom. The highest BCUT2D eigenvalue weighted by atomic mass is 35.5. The average Bonchev–Trinajstić information content (AvgIpc) is 2.44. The van der Waals surface area contributed by atoms with E-state index < -0.39 is 10.0 Å². The molecular weight excluding hydrogens is 333 g/mol. The zero-order valence-electron chi connectivity index (χ0n) is 10.9. The molecule has 21 heavy (non-hydrogen) atoms. The van der Waals surface area contributed by atoms with Crippen LogP contribution in [0.25, 0.3) is 0 Å². The number of halogens is 2. The molecule has 0 atom stereocenters. The second-order valence-electron chi connectivity index (χ2n) is 4.16. The molecule has 0 spiro atoms. The van der Waals surface area contributed by atoms with Crippen LogP contribution < -0.4 is 9.46 Å². The summed E-state index contributed by atoms with van der Waals surface area (Å²) in [4.78, 5) is 0.162. The Balaban J connectivity index is 1.86. The first-order valence-electron chi connectivity index (χ1n) is 6.11. The van der Waals surface area contributed by atoms with Crippen LogP contribution in [0, 0.1) is 0 Å². The number of rotatable bonds is 6. The van der Waals surface area contributed by atoms with Gasteiger partial charge in [-0.2, -0.15) is 0 Å². The Kier molecular flexibility index (Phi) is 5.47. The van der Waals surface area contributed by atoms with Crippen LogP contribution in [0.15, 0.2) is 53.4 Å². The second kappa shape index (κ2) is 7.13. The van der Waals surface area contributed by atoms with Gasteiger partial charge in [-0.15, -0.1) is 0 Å². The molecule has 0 heterocycles. The fraction of sp³-hybridized carbons (Fsp3) is 0.143. The van der Waals surface area contributed by atoms with Gasteiger partial charge < -0.3 is 4.74 Å². The van der Waals surface area contributed by atoms with Crippen LogP contribution in [0.4, 0.5) is 0 Å². The Morgan fingerprint density at radius 1 is 1.00 bits per heavy atom. The maximum atomic E-state index is 12.0. The van der Waals surface area contributed by atoms with E-state index in [4.69, 9.17) is 27.9 Å². The van der Waals surface area contributed by atoms with Crippen molar-refractivity contribution in [3.05, 3.63) is 58.6 Å². The number of hydrogen-bond donors (Lipinski definition) is 1. The van der Waals surface area contributed by atoms with Crippen molar-refractivity contribution in [2.24, 2.45) is 0 Å². The molecule has 0 radical (unpaired) electrons. The lowest BCUT2D eigenvalue weighted by Crippen LogP contribution is -2.28. The smallest absolute Gasteiger partial charge is 0.240 e. The highest BCUT2D eigenvalue weighted by Gasteiger charge is 2.12. The molecule has 0 aliphatic carbocycles. The van der Waals surface area contributed by atoms with Crippen molar-refractivity contribution in [1.29, 1.82) is 0 Å². The molecule has 0 fully saturated rings. The minimum Gasteiger partial charge on any atom is -0.492 e. The molecule has 0 aliphatic heterocycles. The normalized spacial score (nSPS) is 11.3. The molecule has 0 unspecified atom stereocenters. The van der Waals surface area contributed by atoms with Gasteiger partial charge >= 0.3 is 0 Å². The molecule has 112 valence electrons. The zero-order valence-corrected chi connectivity index (χ0v) is 13.3. The van der Waals surface area contributed by atoms with E-state index in [0.717, 1.165) is 0 Å². The molecule has 2 aromatic rings. The van der Waals surface area contributed by atoms with Gasteiger partial charge in [0, 0.05) is 16.6 Å². The van der Waals surface area contributed by atoms with Crippen molar-refractivity contribution in [2.45, 2.75) is 4.90 Å². The average molecular weight is 346 g/mol. The maximum absolute atomic E-state index is 12.0. The molecule has 0 saturated carbocycles. The summed E-state index contributed by atoms with van der Waals surface area (Å²) in [7, 11) is -3.55. The minimum absolute atomic E-state index is 0.150. The predicted molar refractivity (Wildman–Crippen MR) is 83.6 cm³/mol. The number of nitrogens with one attached hydrogen (secondary N) is 1. The van der Waals surface area contributed by atoms with E-state index in [1.807, 2.05) is 0 Å². The zero-order chi connectivity index (χ0) is 15.3. The fourth-order valence-electron chi connectivity index (χ4n) is 1.60. The summed E-state index contributed by atoms with van der Waals surface area (Å²) in [5.74, 6) is 0.591. The number of benzene rings is 2. The molecule has 4 nitrogen and oxygen atoms in total. The molecule has 2 aromatic carbocycles. The van der Waals surface area contributed by atoms with Gasteiger partial charge in [0.05, 0.1) is 4.90 Å².